The Kier molecular flexibility index (Phi) is 13.2. The van der Waals surface area contributed by atoms with Crippen molar-refractivity contribution in [2.45, 2.75) is 92.9 Å². The molecule has 136 valence electrons. The van der Waals surface area contributed by atoms with E-state index in [-0.39, 0.29) is 5.78 Å². The Morgan fingerprint density at radius 1 is 0.542 bits per heavy atom. The fraction of sp³-hybridized carbons (Fsp3) is 0.609. The van der Waals surface area contributed by atoms with E-state index in [9.17, 15) is 4.79 Å². The maximum Gasteiger partial charge on any atom is 0.130 e. The summed E-state index contributed by atoms with van der Waals surface area (Å²) in [7, 11) is 0. The minimum Gasteiger partial charge on any atom is -0.300 e. The number of hydrogen-bond acceptors (Lipinski definition) is 1. The molecule has 0 rings (SSSR count). The van der Waals surface area contributed by atoms with Gasteiger partial charge in [0.25, 0.3) is 0 Å². The summed E-state index contributed by atoms with van der Waals surface area (Å²) < 4.78 is 0. The molecule has 1 heteroatoms. The third kappa shape index (κ3) is 15.5. The molecule has 0 aliphatic carbocycles. The van der Waals surface area contributed by atoms with Crippen molar-refractivity contribution in [2.24, 2.45) is 0 Å². The summed E-state index contributed by atoms with van der Waals surface area (Å²) >= 11 is 0. The van der Waals surface area contributed by atoms with Crippen molar-refractivity contribution in [1.82, 2.24) is 0 Å². The van der Waals surface area contributed by atoms with Gasteiger partial charge in [-0.15, -0.1) is 0 Å². The number of carbonyl (C=O) groups excluding carboxylic acids is 1. The second-order valence-corrected chi connectivity index (χ2v) is 7.29. The molecule has 24 heavy (non-hydrogen) atoms. The van der Waals surface area contributed by atoms with Crippen LogP contribution in [0.4, 0.5) is 0 Å². The van der Waals surface area contributed by atoms with Crippen LogP contribution >= 0.6 is 0 Å². The lowest BCUT2D eigenvalue weighted by Crippen LogP contribution is -1.87. The third-order valence-corrected chi connectivity index (χ3v) is 4.14. The Labute approximate surface area is 150 Å². The highest BCUT2D eigenvalue weighted by Crippen LogP contribution is 2.14. The monoisotopic (exact) mass is 330 g/mol. The molecule has 0 amide bonds. The molecule has 0 aliphatic heterocycles. The van der Waals surface area contributed by atoms with Crippen molar-refractivity contribution in [3.05, 3.63) is 46.6 Å². The summed E-state index contributed by atoms with van der Waals surface area (Å²) in [4.78, 5) is 10.9. The fourth-order valence-corrected chi connectivity index (χ4v) is 2.51. The molecule has 0 aromatic rings. The van der Waals surface area contributed by atoms with E-state index in [0.717, 1.165) is 38.5 Å². The van der Waals surface area contributed by atoms with Crippen LogP contribution in [0.1, 0.15) is 92.9 Å². The minimum absolute atomic E-state index is 0.277. The first-order valence-corrected chi connectivity index (χ1v) is 9.41. The van der Waals surface area contributed by atoms with E-state index in [1.807, 2.05) is 0 Å². The molecule has 0 atom stereocenters. The fourth-order valence-electron chi connectivity index (χ4n) is 2.51. The lowest BCUT2D eigenvalue weighted by molar-refractivity contribution is -0.116. The predicted molar refractivity (Wildman–Crippen MR) is 108 cm³/mol. The molecule has 0 aliphatic rings. The molecule has 0 spiro atoms. The second kappa shape index (κ2) is 14.0. The number of allylic oxidation sites excluding steroid dienone is 8. The van der Waals surface area contributed by atoms with Crippen LogP contribution in [-0.2, 0) is 4.79 Å². The van der Waals surface area contributed by atoms with Gasteiger partial charge in [-0.3, -0.25) is 0 Å². The first kappa shape index (κ1) is 22.6. The first-order valence-electron chi connectivity index (χ1n) is 9.41. The average molecular weight is 331 g/mol. The largest absolute Gasteiger partial charge is 0.300 e. The lowest BCUT2D eigenvalue weighted by atomic mass is 10.0. The molecule has 0 N–H and O–H groups in total. The van der Waals surface area contributed by atoms with Crippen LogP contribution in [0.15, 0.2) is 46.6 Å². The Morgan fingerprint density at radius 2 is 0.875 bits per heavy atom. The molecule has 0 unspecified atom stereocenters. The van der Waals surface area contributed by atoms with Gasteiger partial charge < -0.3 is 4.79 Å². The van der Waals surface area contributed by atoms with Crippen LogP contribution in [0.2, 0.25) is 0 Å². The molecular weight excluding hydrogens is 292 g/mol. The normalized spacial score (nSPS) is 13.2. The second-order valence-electron chi connectivity index (χ2n) is 7.29. The molecule has 0 saturated carbocycles. The smallest absolute Gasteiger partial charge is 0.130 e. The van der Waals surface area contributed by atoms with E-state index in [1.165, 1.54) is 28.7 Å². The molecule has 0 aromatic carbocycles. The van der Waals surface area contributed by atoms with Gasteiger partial charge in [0.1, 0.15) is 5.78 Å². The number of Topliss-reactive ketones (excluding diaryl/α,β-unsaturated/α-hetero) is 1. The number of carbonyl (C=O) groups is 1. The van der Waals surface area contributed by atoms with Crippen LogP contribution in [0, 0.1) is 0 Å². The average Bonchev–Trinajstić information content (AvgIpc) is 2.46. The number of ketones is 1. The molecule has 0 radical (unpaired) electrons. The van der Waals surface area contributed by atoms with Gasteiger partial charge in [-0.05, 0) is 86.5 Å². The van der Waals surface area contributed by atoms with Crippen molar-refractivity contribution >= 4 is 5.78 Å². The van der Waals surface area contributed by atoms with E-state index in [4.69, 9.17) is 0 Å². The van der Waals surface area contributed by atoms with Gasteiger partial charge in [-0.1, -0.05) is 46.6 Å². The Morgan fingerprint density at radius 3 is 1.21 bits per heavy atom. The maximum atomic E-state index is 10.9. The van der Waals surface area contributed by atoms with Crippen LogP contribution in [0.3, 0.4) is 0 Å². The van der Waals surface area contributed by atoms with E-state index in [0.29, 0.717) is 6.42 Å². The predicted octanol–water partition coefficient (Wildman–Crippen LogP) is 7.50. The maximum absolute atomic E-state index is 10.9. The zero-order chi connectivity index (χ0) is 18.4. The van der Waals surface area contributed by atoms with Gasteiger partial charge in [0, 0.05) is 6.42 Å². The van der Waals surface area contributed by atoms with E-state index in [2.05, 4.69) is 58.9 Å². The van der Waals surface area contributed by atoms with Gasteiger partial charge in [-0.2, -0.15) is 0 Å². The van der Waals surface area contributed by atoms with Crippen LogP contribution in [-0.4, -0.2) is 5.78 Å². The van der Waals surface area contributed by atoms with Crippen LogP contribution in [0.5, 0.6) is 0 Å². The molecule has 0 saturated heterocycles. The molecule has 1 nitrogen and oxygen atoms in total. The van der Waals surface area contributed by atoms with Crippen molar-refractivity contribution in [3.63, 3.8) is 0 Å². The summed E-state index contributed by atoms with van der Waals surface area (Å²) in [6.07, 6.45) is 17.7. The van der Waals surface area contributed by atoms with E-state index < -0.39 is 0 Å². The van der Waals surface area contributed by atoms with Gasteiger partial charge in [0.05, 0.1) is 0 Å². The first-order chi connectivity index (χ1) is 11.3. The topological polar surface area (TPSA) is 17.1 Å². The van der Waals surface area contributed by atoms with Crippen molar-refractivity contribution in [1.29, 1.82) is 0 Å². The Bertz CT molecular complexity index is 482. The quantitative estimate of drug-likeness (QED) is 0.338. The number of hydrogen-bond donors (Lipinski definition) is 0. The standard InChI is InChI=1S/C23H38O/c1-19(2)11-7-12-20(3)13-8-14-21(4)15-9-16-22(5)17-10-18-23(6)24/h11,13,15,17H,7-10,12,14,16,18H2,1-6H3. The zero-order valence-electron chi connectivity index (χ0n) is 16.9. The highest BCUT2D eigenvalue weighted by molar-refractivity contribution is 5.75. The molecule has 0 aromatic heterocycles. The lowest BCUT2D eigenvalue weighted by Gasteiger charge is -2.02. The molecule has 0 heterocycles. The van der Waals surface area contributed by atoms with Crippen LogP contribution in [0.25, 0.3) is 0 Å². The molecular formula is C23H38O. The van der Waals surface area contributed by atoms with E-state index >= 15 is 0 Å². The van der Waals surface area contributed by atoms with Crippen molar-refractivity contribution in [2.75, 3.05) is 0 Å². The highest BCUT2D eigenvalue weighted by atomic mass is 16.1. The van der Waals surface area contributed by atoms with Crippen LogP contribution < -0.4 is 0 Å². The molecule has 0 bridgehead atoms. The molecule has 0 fully saturated rings. The summed E-state index contributed by atoms with van der Waals surface area (Å²) in [5.41, 5.74) is 5.80. The van der Waals surface area contributed by atoms with Crippen molar-refractivity contribution < 1.29 is 4.79 Å². The SMILES string of the molecule is CC(=O)CCC=C(C)CCC=C(C)CCC=C(C)CCC=C(C)C. The van der Waals surface area contributed by atoms with Crippen molar-refractivity contribution in [3.8, 4) is 0 Å². The van der Waals surface area contributed by atoms with Gasteiger partial charge >= 0.3 is 0 Å². The van der Waals surface area contributed by atoms with Gasteiger partial charge in [0.15, 0.2) is 0 Å². The van der Waals surface area contributed by atoms with Gasteiger partial charge in [-0.25, -0.2) is 0 Å². The summed E-state index contributed by atoms with van der Waals surface area (Å²) in [5.74, 6) is 0.277. The summed E-state index contributed by atoms with van der Waals surface area (Å²) in [6.45, 7) is 12.6. The summed E-state index contributed by atoms with van der Waals surface area (Å²) in [5, 5.41) is 0. The highest BCUT2D eigenvalue weighted by Gasteiger charge is 1.94. The Balaban J connectivity index is 3.98. The van der Waals surface area contributed by atoms with E-state index in [1.54, 1.807) is 6.92 Å². The summed E-state index contributed by atoms with van der Waals surface area (Å²) in [6, 6.07) is 0. The van der Waals surface area contributed by atoms with Gasteiger partial charge in [0.2, 0.25) is 0 Å². The number of rotatable bonds is 12. The zero-order valence-corrected chi connectivity index (χ0v) is 16.9. The Hall–Kier alpha value is -1.37. The minimum atomic E-state index is 0.277. The third-order valence-electron chi connectivity index (χ3n) is 4.14.